The number of nitrogens with zero attached hydrogens (tertiary/aromatic N) is 2. The number of pyridine rings is 1. The van der Waals surface area contributed by atoms with E-state index in [-0.39, 0.29) is 9.92 Å². The maximum Gasteiger partial charge on any atom is 0.574 e. The van der Waals surface area contributed by atoms with Crippen LogP contribution in [-0.4, -0.2) is 45.3 Å². The van der Waals surface area contributed by atoms with Crippen LogP contribution in [0.3, 0.4) is 0 Å². The molecule has 0 aliphatic rings. The summed E-state index contributed by atoms with van der Waals surface area (Å²) in [7, 11) is -0.581. The highest BCUT2D eigenvalue weighted by Gasteiger charge is 2.32. The number of aromatic nitrogens is 1. The predicted molar refractivity (Wildman–Crippen MR) is 99.0 cm³/mol. The van der Waals surface area contributed by atoms with Crippen LogP contribution in [-0.2, 0) is 10.0 Å². The van der Waals surface area contributed by atoms with Gasteiger partial charge in [-0.05, 0) is 37.9 Å². The molecule has 1 atom stereocenters. The molecular weight excluding hydrogens is 442 g/mol. The summed E-state index contributed by atoms with van der Waals surface area (Å²) in [5.41, 5.74) is 0.566. The van der Waals surface area contributed by atoms with Crippen LogP contribution in [0.4, 0.5) is 13.2 Å². The van der Waals surface area contributed by atoms with Crippen LogP contribution in [0.15, 0.2) is 41.4 Å². The van der Waals surface area contributed by atoms with Crippen molar-refractivity contribution in [3.05, 3.63) is 52.1 Å². The summed E-state index contributed by atoms with van der Waals surface area (Å²) in [6.07, 6.45) is -4.14. The van der Waals surface area contributed by atoms with Gasteiger partial charge >= 0.3 is 6.36 Å². The van der Waals surface area contributed by atoms with Crippen molar-refractivity contribution in [3.63, 3.8) is 0 Å². The maximum absolute atomic E-state index is 12.7. The first-order chi connectivity index (χ1) is 12.9. The van der Waals surface area contributed by atoms with Crippen LogP contribution in [0.2, 0.25) is 10.0 Å². The molecule has 1 aromatic heterocycles. The van der Waals surface area contributed by atoms with E-state index in [4.69, 9.17) is 23.2 Å². The standard InChI is InChI=1S/C16H16Cl2F3N3O3S/c1-24(2)9-14(10-3-5-12(17)13(18)7-10)23-28(25,26)11-4-6-15(22-8-11)27-16(19,20)21/h3-8,14,23H,9H2,1-2H3/t14-/m1/s1. The molecule has 28 heavy (non-hydrogen) atoms. The number of hydrogen-bond donors (Lipinski definition) is 1. The van der Waals surface area contributed by atoms with Crippen molar-refractivity contribution in [2.45, 2.75) is 17.3 Å². The van der Waals surface area contributed by atoms with E-state index in [1.54, 1.807) is 37.2 Å². The highest BCUT2D eigenvalue weighted by molar-refractivity contribution is 7.89. The van der Waals surface area contributed by atoms with Crippen LogP contribution in [0.1, 0.15) is 11.6 Å². The molecule has 0 radical (unpaired) electrons. The molecule has 0 bridgehead atoms. The Labute approximate surface area is 170 Å². The lowest BCUT2D eigenvalue weighted by molar-refractivity contribution is -0.276. The van der Waals surface area contributed by atoms with Gasteiger partial charge in [-0.25, -0.2) is 18.1 Å². The molecule has 0 saturated carbocycles. The van der Waals surface area contributed by atoms with Crippen LogP contribution in [0.25, 0.3) is 0 Å². The van der Waals surface area contributed by atoms with Gasteiger partial charge in [0.15, 0.2) is 0 Å². The molecule has 1 aromatic carbocycles. The van der Waals surface area contributed by atoms with Gasteiger partial charge in [-0.15, -0.1) is 13.2 Å². The largest absolute Gasteiger partial charge is 0.574 e. The van der Waals surface area contributed by atoms with Gasteiger partial charge in [0.2, 0.25) is 15.9 Å². The molecule has 1 N–H and O–H groups in total. The number of rotatable bonds is 7. The third-order valence-electron chi connectivity index (χ3n) is 3.43. The molecular formula is C16H16Cl2F3N3O3S. The molecule has 2 aromatic rings. The van der Waals surface area contributed by atoms with Gasteiger partial charge in [0.05, 0.1) is 22.3 Å². The summed E-state index contributed by atoms with van der Waals surface area (Å²) in [4.78, 5) is 4.83. The van der Waals surface area contributed by atoms with E-state index in [1.165, 1.54) is 0 Å². The number of halogens is 5. The Bertz CT molecular complexity index is 923. The number of nitrogens with one attached hydrogen (secondary N) is 1. The second kappa shape index (κ2) is 8.83. The molecule has 0 unspecified atom stereocenters. The average Bonchev–Trinajstić information content (AvgIpc) is 2.55. The number of benzene rings is 1. The Kier molecular flexibility index (Phi) is 7.16. The Morgan fingerprint density at radius 1 is 1.18 bits per heavy atom. The molecule has 154 valence electrons. The fourth-order valence-corrected chi connectivity index (χ4v) is 3.73. The normalized spacial score (nSPS) is 13.6. The van der Waals surface area contributed by atoms with Crippen molar-refractivity contribution in [2.24, 2.45) is 0 Å². The zero-order valence-corrected chi connectivity index (χ0v) is 17.0. The van der Waals surface area contributed by atoms with Crippen molar-refractivity contribution in [1.82, 2.24) is 14.6 Å². The summed E-state index contributed by atoms with van der Waals surface area (Å²) < 4.78 is 68.0. The Hall–Kier alpha value is -1.59. The van der Waals surface area contributed by atoms with Crippen molar-refractivity contribution >= 4 is 33.2 Å². The average molecular weight is 458 g/mol. The van der Waals surface area contributed by atoms with Crippen LogP contribution < -0.4 is 9.46 Å². The molecule has 0 spiro atoms. The van der Waals surface area contributed by atoms with Crippen molar-refractivity contribution in [2.75, 3.05) is 20.6 Å². The van der Waals surface area contributed by atoms with E-state index in [1.807, 2.05) is 0 Å². The first kappa shape index (κ1) is 22.7. The minimum absolute atomic E-state index is 0.262. The van der Waals surface area contributed by atoms with E-state index in [0.29, 0.717) is 17.1 Å². The minimum atomic E-state index is -4.92. The zero-order chi connectivity index (χ0) is 21.1. The van der Waals surface area contributed by atoms with E-state index in [2.05, 4.69) is 14.4 Å². The number of ether oxygens (including phenoxy) is 1. The summed E-state index contributed by atoms with van der Waals surface area (Å²) in [5, 5.41) is 0.582. The van der Waals surface area contributed by atoms with Crippen LogP contribution >= 0.6 is 23.2 Å². The summed E-state index contributed by atoms with van der Waals surface area (Å²) in [6, 6.07) is 5.81. The van der Waals surface area contributed by atoms with Gasteiger partial charge in [0.1, 0.15) is 4.90 Å². The van der Waals surface area contributed by atoms with E-state index in [9.17, 15) is 21.6 Å². The molecule has 0 aliphatic carbocycles. The smallest absolute Gasteiger partial charge is 0.388 e. The van der Waals surface area contributed by atoms with E-state index < -0.39 is 28.3 Å². The highest BCUT2D eigenvalue weighted by atomic mass is 35.5. The Balaban J connectivity index is 2.28. The van der Waals surface area contributed by atoms with E-state index in [0.717, 1.165) is 18.3 Å². The summed E-state index contributed by atoms with van der Waals surface area (Å²) in [6.45, 7) is 0.292. The van der Waals surface area contributed by atoms with Gasteiger partial charge in [-0.2, -0.15) is 0 Å². The van der Waals surface area contributed by atoms with Crippen molar-refractivity contribution < 1.29 is 26.3 Å². The van der Waals surface area contributed by atoms with Gasteiger partial charge in [-0.1, -0.05) is 29.3 Å². The third-order valence-corrected chi connectivity index (χ3v) is 5.63. The van der Waals surface area contributed by atoms with E-state index >= 15 is 0 Å². The summed E-state index contributed by atoms with van der Waals surface area (Å²) in [5.74, 6) is -0.763. The fourth-order valence-electron chi connectivity index (χ4n) is 2.26. The summed E-state index contributed by atoms with van der Waals surface area (Å²) >= 11 is 11.9. The monoisotopic (exact) mass is 457 g/mol. The molecule has 12 heteroatoms. The molecule has 2 rings (SSSR count). The number of hydrogen-bond acceptors (Lipinski definition) is 5. The lowest BCUT2D eigenvalue weighted by atomic mass is 10.1. The molecule has 0 aliphatic heterocycles. The van der Waals surface area contributed by atoms with Crippen molar-refractivity contribution in [3.8, 4) is 5.88 Å². The predicted octanol–water partition coefficient (Wildman–Crippen LogP) is 3.87. The minimum Gasteiger partial charge on any atom is -0.388 e. The SMILES string of the molecule is CN(C)C[C@@H](NS(=O)(=O)c1ccc(OC(F)(F)F)nc1)c1ccc(Cl)c(Cl)c1. The first-order valence-electron chi connectivity index (χ1n) is 7.71. The lowest BCUT2D eigenvalue weighted by Crippen LogP contribution is -2.35. The second-order valence-corrected chi connectivity index (χ2v) is 8.52. The van der Waals surface area contributed by atoms with Crippen molar-refractivity contribution in [1.29, 1.82) is 0 Å². The fraction of sp³-hybridized carbons (Fsp3) is 0.312. The Morgan fingerprint density at radius 2 is 1.86 bits per heavy atom. The maximum atomic E-state index is 12.7. The second-order valence-electron chi connectivity index (χ2n) is 5.99. The number of likely N-dealkylation sites (N-methyl/N-ethyl adjacent to an activating group) is 1. The van der Waals surface area contributed by atoms with Gasteiger partial charge in [0, 0.05) is 12.6 Å². The van der Waals surface area contributed by atoms with Gasteiger partial charge in [0.25, 0.3) is 0 Å². The zero-order valence-electron chi connectivity index (χ0n) is 14.7. The number of sulfonamides is 1. The topological polar surface area (TPSA) is 71.5 Å². The highest BCUT2D eigenvalue weighted by Crippen LogP contribution is 2.27. The van der Waals surface area contributed by atoms with Crippen LogP contribution in [0, 0.1) is 0 Å². The molecule has 1 heterocycles. The Morgan fingerprint density at radius 3 is 2.36 bits per heavy atom. The van der Waals surface area contributed by atoms with Gasteiger partial charge < -0.3 is 9.64 Å². The third kappa shape index (κ3) is 6.49. The molecule has 6 nitrogen and oxygen atoms in total. The molecule has 0 fully saturated rings. The number of alkyl halides is 3. The van der Waals surface area contributed by atoms with Crippen LogP contribution in [0.5, 0.6) is 5.88 Å². The molecule has 0 saturated heterocycles. The first-order valence-corrected chi connectivity index (χ1v) is 9.95. The lowest BCUT2D eigenvalue weighted by Gasteiger charge is -2.23. The molecule has 0 amide bonds. The quantitative estimate of drug-likeness (QED) is 0.683. The van der Waals surface area contributed by atoms with Gasteiger partial charge in [-0.3, -0.25) is 0 Å².